The van der Waals surface area contributed by atoms with Crippen LogP contribution in [0.5, 0.6) is 0 Å². The Morgan fingerprint density at radius 2 is 1.40 bits per heavy atom. The number of rotatable bonds is 6. The van der Waals surface area contributed by atoms with Crippen LogP contribution < -0.4 is 9.80 Å². The summed E-state index contributed by atoms with van der Waals surface area (Å²) in [6.45, 7) is 11.5. The van der Waals surface area contributed by atoms with Crippen molar-refractivity contribution < 1.29 is 4.79 Å². The van der Waals surface area contributed by atoms with Gasteiger partial charge in [0.1, 0.15) is 17.7 Å². The molecule has 1 aromatic heterocycles. The molecular weight excluding hydrogens is 522 g/mol. The second kappa shape index (κ2) is 12.4. The van der Waals surface area contributed by atoms with Crippen LogP contribution in [0.25, 0.3) is 0 Å². The predicted molar refractivity (Wildman–Crippen MR) is 166 cm³/mol. The minimum absolute atomic E-state index is 0.0221. The third-order valence-electron chi connectivity index (χ3n) is 8.96. The highest BCUT2D eigenvalue weighted by atomic mass is 16.2. The first-order chi connectivity index (χ1) is 20.6. The van der Waals surface area contributed by atoms with E-state index >= 15 is 0 Å². The molecule has 0 atom stereocenters. The number of likely N-dealkylation sites (N-methyl/N-ethyl adjacent to an activating group) is 1. The smallest absolute Gasteiger partial charge is 0.246 e. The molecule has 216 valence electrons. The first kappa shape index (κ1) is 28.0. The Balaban J connectivity index is 1.41. The van der Waals surface area contributed by atoms with Crippen molar-refractivity contribution in [3.05, 3.63) is 101 Å². The van der Waals surface area contributed by atoms with Gasteiger partial charge in [0.25, 0.3) is 0 Å². The summed E-state index contributed by atoms with van der Waals surface area (Å²) >= 11 is 0. The van der Waals surface area contributed by atoms with Crippen LogP contribution in [0.2, 0.25) is 0 Å². The molecule has 2 saturated heterocycles. The Bertz CT molecular complexity index is 1410. The van der Waals surface area contributed by atoms with Gasteiger partial charge in [-0.1, -0.05) is 67.2 Å². The number of carbonyl (C=O) groups is 1. The standard InChI is InChI=1S/C34H39N7O/c1-3-31(42)38-20-22-40(23-21-38)33-28-14-15-41(32(26-10-6-4-7-11-26)27-12-8-5-9-13-27)25-30(28)29(24-35)34(36-33)39-18-16-37(2)17-19-39/h3-13,32H,1,14-23,25H2,2H3. The van der Waals surface area contributed by atoms with Crippen molar-refractivity contribution in [2.45, 2.75) is 19.0 Å². The van der Waals surface area contributed by atoms with Gasteiger partial charge in [-0.25, -0.2) is 4.98 Å². The summed E-state index contributed by atoms with van der Waals surface area (Å²) in [5.74, 6) is 1.77. The van der Waals surface area contributed by atoms with Crippen LogP contribution in [0.1, 0.15) is 33.9 Å². The van der Waals surface area contributed by atoms with E-state index in [9.17, 15) is 10.1 Å². The molecule has 3 aromatic rings. The molecule has 2 aromatic carbocycles. The average molecular weight is 562 g/mol. The quantitative estimate of drug-likeness (QED) is 0.425. The summed E-state index contributed by atoms with van der Waals surface area (Å²) in [5.41, 5.74) is 5.50. The highest BCUT2D eigenvalue weighted by Crippen LogP contribution is 2.39. The maximum atomic E-state index is 12.3. The summed E-state index contributed by atoms with van der Waals surface area (Å²) in [7, 11) is 2.14. The number of carbonyl (C=O) groups excluding carboxylic acids is 1. The predicted octanol–water partition coefficient (Wildman–Crippen LogP) is 3.69. The Morgan fingerprint density at radius 1 is 0.833 bits per heavy atom. The number of amides is 1. The molecule has 0 bridgehead atoms. The number of fused-ring (bicyclic) bond motifs is 1. The molecular formula is C34H39N7O. The molecule has 4 heterocycles. The lowest BCUT2D eigenvalue weighted by Gasteiger charge is -2.41. The Hall–Kier alpha value is -4.19. The first-order valence-electron chi connectivity index (χ1n) is 15.0. The molecule has 0 N–H and O–H groups in total. The van der Waals surface area contributed by atoms with Crippen molar-refractivity contribution in [3.8, 4) is 6.07 Å². The van der Waals surface area contributed by atoms with Gasteiger partial charge >= 0.3 is 0 Å². The molecule has 0 aliphatic carbocycles. The highest BCUT2D eigenvalue weighted by Gasteiger charge is 2.34. The molecule has 8 nitrogen and oxygen atoms in total. The molecule has 6 rings (SSSR count). The number of pyridine rings is 1. The average Bonchev–Trinajstić information content (AvgIpc) is 3.05. The van der Waals surface area contributed by atoms with Crippen molar-refractivity contribution in [1.82, 2.24) is 19.7 Å². The van der Waals surface area contributed by atoms with E-state index in [1.54, 1.807) is 0 Å². The van der Waals surface area contributed by atoms with Crippen molar-refractivity contribution in [1.29, 1.82) is 5.26 Å². The number of hydrogen-bond acceptors (Lipinski definition) is 7. The number of anilines is 2. The minimum atomic E-state index is -0.0221. The zero-order chi connectivity index (χ0) is 29.1. The van der Waals surface area contributed by atoms with Gasteiger partial charge in [-0.2, -0.15) is 5.26 Å². The summed E-state index contributed by atoms with van der Waals surface area (Å²) in [6, 6.07) is 24.1. The van der Waals surface area contributed by atoms with Crippen LogP contribution in [0, 0.1) is 11.3 Å². The maximum Gasteiger partial charge on any atom is 0.246 e. The van der Waals surface area contributed by atoms with Crippen molar-refractivity contribution in [2.75, 3.05) is 75.8 Å². The van der Waals surface area contributed by atoms with E-state index in [2.05, 4.69) is 100.0 Å². The van der Waals surface area contributed by atoms with Crippen LogP contribution in [-0.2, 0) is 17.8 Å². The zero-order valence-electron chi connectivity index (χ0n) is 24.5. The van der Waals surface area contributed by atoms with Crippen LogP contribution in [0.3, 0.4) is 0 Å². The first-order valence-corrected chi connectivity index (χ1v) is 15.0. The lowest BCUT2D eigenvalue weighted by molar-refractivity contribution is -0.126. The Labute approximate surface area is 249 Å². The Kier molecular flexibility index (Phi) is 8.22. The topological polar surface area (TPSA) is 70.0 Å². The molecule has 3 aliphatic rings. The zero-order valence-corrected chi connectivity index (χ0v) is 24.5. The van der Waals surface area contributed by atoms with E-state index in [-0.39, 0.29) is 11.9 Å². The van der Waals surface area contributed by atoms with Crippen molar-refractivity contribution in [3.63, 3.8) is 0 Å². The lowest BCUT2D eigenvalue weighted by atomic mass is 9.90. The minimum Gasteiger partial charge on any atom is -0.353 e. The summed E-state index contributed by atoms with van der Waals surface area (Å²) in [5, 5.41) is 10.6. The summed E-state index contributed by atoms with van der Waals surface area (Å²) in [6.07, 6.45) is 2.21. The molecule has 0 spiro atoms. The van der Waals surface area contributed by atoms with Gasteiger partial charge in [0.2, 0.25) is 5.91 Å². The van der Waals surface area contributed by atoms with E-state index in [1.165, 1.54) is 22.8 Å². The molecule has 0 unspecified atom stereocenters. The third-order valence-corrected chi connectivity index (χ3v) is 8.96. The fourth-order valence-electron chi connectivity index (χ4n) is 6.62. The SMILES string of the molecule is C=CC(=O)N1CCN(c2nc(N3CCN(C)CC3)c(C#N)c3c2CCN(C(c2ccccc2)c2ccccc2)C3)CC1. The van der Waals surface area contributed by atoms with Crippen LogP contribution >= 0.6 is 0 Å². The molecule has 3 aliphatic heterocycles. The number of benzene rings is 2. The van der Waals surface area contributed by atoms with E-state index in [1.807, 2.05) is 4.90 Å². The van der Waals surface area contributed by atoms with Crippen LogP contribution in [0.4, 0.5) is 11.6 Å². The normalized spacial score (nSPS) is 18.1. The highest BCUT2D eigenvalue weighted by molar-refractivity contribution is 5.87. The molecule has 0 saturated carbocycles. The number of aromatic nitrogens is 1. The van der Waals surface area contributed by atoms with Crippen molar-refractivity contribution >= 4 is 17.5 Å². The van der Waals surface area contributed by atoms with Gasteiger partial charge in [-0.05, 0) is 36.2 Å². The van der Waals surface area contributed by atoms with E-state index in [4.69, 9.17) is 4.98 Å². The largest absolute Gasteiger partial charge is 0.353 e. The second-order valence-electron chi connectivity index (χ2n) is 11.5. The van der Waals surface area contributed by atoms with Crippen LogP contribution in [0.15, 0.2) is 73.3 Å². The molecule has 2 fully saturated rings. The second-order valence-corrected chi connectivity index (χ2v) is 11.5. The number of piperazine rings is 2. The molecule has 42 heavy (non-hydrogen) atoms. The fraction of sp³-hybridized carbons (Fsp3) is 0.382. The maximum absolute atomic E-state index is 12.3. The van der Waals surface area contributed by atoms with Gasteiger partial charge in [0.15, 0.2) is 0 Å². The van der Waals surface area contributed by atoms with Gasteiger partial charge < -0.3 is 19.6 Å². The lowest BCUT2D eigenvalue weighted by Crippen LogP contribution is -2.49. The van der Waals surface area contributed by atoms with E-state index in [0.29, 0.717) is 38.3 Å². The van der Waals surface area contributed by atoms with Gasteiger partial charge in [-0.15, -0.1) is 0 Å². The number of hydrogen-bond donors (Lipinski definition) is 0. The monoisotopic (exact) mass is 561 g/mol. The summed E-state index contributed by atoms with van der Waals surface area (Å²) < 4.78 is 0. The number of nitriles is 1. The van der Waals surface area contributed by atoms with E-state index < -0.39 is 0 Å². The molecule has 0 radical (unpaired) electrons. The molecule has 1 amide bonds. The van der Waals surface area contributed by atoms with Crippen LogP contribution in [-0.4, -0.2) is 91.5 Å². The molecule has 8 heteroatoms. The third kappa shape index (κ3) is 5.50. The van der Waals surface area contributed by atoms with Crippen molar-refractivity contribution in [2.24, 2.45) is 0 Å². The van der Waals surface area contributed by atoms with Gasteiger partial charge in [-0.3, -0.25) is 9.69 Å². The van der Waals surface area contributed by atoms with E-state index in [0.717, 1.165) is 56.3 Å². The fourth-order valence-corrected chi connectivity index (χ4v) is 6.62. The number of nitrogens with zero attached hydrogens (tertiary/aromatic N) is 7. The van der Waals surface area contributed by atoms with Gasteiger partial charge in [0, 0.05) is 71.0 Å². The van der Waals surface area contributed by atoms with Gasteiger partial charge in [0.05, 0.1) is 11.6 Å². The summed E-state index contributed by atoms with van der Waals surface area (Å²) in [4.78, 5) is 28.9. The Morgan fingerprint density at radius 3 is 1.98 bits per heavy atom.